The Bertz CT molecular complexity index is 1290. The minimum absolute atomic E-state index is 0.154. The molecule has 2 aromatic carbocycles. The molecular weight excluding hydrogens is 376 g/mol. The number of nitrogens with zero attached hydrogens (tertiary/aromatic N) is 2. The summed E-state index contributed by atoms with van der Waals surface area (Å²) in [4.78, 5) is 38.6. The van der Waals surface area contributed by atoms with Gasteiger partial charge in [-0.2, -0.15) is 0 Å². The summed E-state index contributed by atoms with van der Waals surface area (Å²) in [6, 6.07) is 18.9. The number of hydrogen-bond acceptors (Lipinski definition) is 3. The number of pyridine rings is 1. The molecule has 5 rings (SSSR count). The van der Waals surface area contributed by atoms with Gasteiger partial charge in [-0.25, -0.2) is 4.98 Å². The van der Waals surface area contributed by atoms with Crippen molar-refractivity contribution >= 4 is 16.9 Å². The molecule has 30 heavy (non-hydrogen) atoms. The van der Waals surface area contributed by atoms with Crippen LogP contribution in [0.3, 0.4) is 0 Å². The smallest absolute Gasteiger partial charge is 0.261 e. The van der Waals surface area contributed by atoms with Gasteiger partial charge in [0.2, 0.25) is 0 Å². The van der Waals surface area contributed by atoms with E-state index in [1.165, 1.54) is 0 Å². The lowest BCUT2D eigenvalue weighted by atomic mass is 10.1. The number of H-pyrrole nitrogens is 2. The highest BCUT2D eigenvalue weighted by Crippen LogP contribution is 2.32. The van der Waals surface area contributed by atoms with Crippen LogP contribution in [0.1, 0.15) is 40.6 Å². The van der Waals surface area contributed by atoms with Crippen molar-refractivity contribution in [2.24, 2.45) is 0 Å². The largest absolute Gasteiger partial charge is 0.340 e. The van der Waals surface area contributed by atoms with Gasteiger partial charge in [0.1, 0.15) is 11.4 Å². The number of fused-ring (bicyclic) bond motifs is 1. The first kappa shape index (κ1) is 18.4. The van der Waals surface area contributed by atoms with Crippen LogP contribution in [0, 0.1) is 6.92 Å². The van der Waals surface area contributed by atoms with Crippen molar-refractivity contribution < 1.29 is 4.79 Å². The van der Waals surface area contributed by atoms with Crippen molar-refractivity contribution in [3.63, 3.8) is 0 Å². The maximum absolute atomic E-state index is 13.2. The Balaban J connectivity index is 1.45. The molecule has 1 aliphatic heterocycles. The molecule has 0 saturated carbocycles. The van der Waals surface area contributed by atoms with Crippen LogP contribution in [0.2, 0.25) is 0 Å². The maximum Gasteiger partial charge on any atom is 0.261 e. The molecule has 0 aliphatic carbocycles. The number of benzene rings is 2. The fraction of sp³-hybridized carbons (Fsp3) is 0.208. The quantitative estimate of drug-likeness (QED) is 0.543. The molecule has 0 spiro atoms. The molecule has 0 radical (unpaired) electrons. The summed E-state index contributed by atoms with van der Waals surface area (Å²) >= 11 is 0. The summed E-state index contributed by atoms with van der Waals surface area (Å²) in [6.07, 6.45) is 1.71. The summed E-state index contributed by atoms with van der Waals surface area (Å²) in [5, 5.41) is 0. The summed E-state index contributed by atoms with van der Waals surface area (Å²) in [6.45, 7) is 2.65. The van der Waals surface area contributed by atoms with E-state index in [1.807, 2.05) is 49.4 Å². The first-order chi connectivity index (χ1) is 14.6. The number of hydrogen-bond donors (Lipinski definition) is 2. The van der Waals surface area contributed by atoms with E-state index in [0.717, 1.165) is 40.8 Å². The molecule has 6 nitrogen and oxygen atoms in total. The van der Waals surface area contributed by atoms with Crippen molar-refractivity contribution in [2.45, 2.75) is 25.8 Å². The second kappa shape index (κ2) is 7.30. The van der Waals surface area contributed by atoms with Gasteiger partial charge in [0.15, 0.2) is 0 Å². The molecule has 150 valence electrons. The highest BCUT2D eigenvalue weighted by molar-refractivity contribution is 5.94. The molecule has 1 saturated heterocycles. The number of aromatic amines is 2. The van der Waals surface area contributed by atoms with E-state index in [2.05, 4.69) is 16.0 Å². The van der Waals surface area contributed by atoms with Crippen molar-refractivity contribution in [3.8, 4) is 11.3 Å². The third-order valence-electron chi connectivity index (χ3n) is 5.71. The average molecular weight is 398 g/mol. The monoisotopic (exact) mass is 398 g/mol. The zero-order valence-corrected chi connectivity index (χ0v) is 16.7. The number of amides is 1. The Kier molecular flexibility index (Phi) is 4.47. The summed E-state index contributed by atoms with van der Waals surface area (Å²) in [5.74, 6) is 0.522. The highest BCUT2D eigenvalue weighted by atomic mass is 16.2. The molecule has 2 N–H and O–H groups in total. The van der Waals surface area contributed by atoms with Gasteiger partial charge in [0, 0.05) is 12.2 Å². The van der Waals surface area contributed by atoms with Crippen LogP contribution in [0.5, 0.6) is 0 Å². The molecule has 1 amide bonds. The number of aromatic nitrogens is 3. The van der Waals surface area contributed by atoms with Crippen LogP contribution in [0.4, 0.5) is 0 Å². The molecule has 6 heteroatoms. The molecule has 1 unspecified atom stereocenters. The van der Waals surface area contributed by atoms with Crippen LogP contribution >= 0.6 is 0 Å². The SMILES string of the molecule is Cc1ccc2nc(C3CCCN3C(=O)c3ccc(-c4ccccc4)[nH]c3=O)[nH]c2c1. The second-order valence-corrected chi connectivity index (χ2v) is 7.78. The van der Waals surface area contributed by atoms with E-state index < -0.39 is 0 Å². The normalized spacial score (nSPS) is 16.3. The molecule has 0 bridgehead atoms. The van der Waals surface area contributed by atoms with Crippen LogP contribution in [-0.4, -0.2) is 32.3 Å². The zero-order valence-electron chi connectivity index (χ0n) is 16.7. The van der Waals surface area contributed by atoms with Crippen LogP contribution in [-0.2, 0) is 0 Å². The fourth-order valence-electron chi connectivity index (χ4n) is 4.18. The number of rotatable bonds is 3. The lowest BCUT2D eigenvalue weighted by molar-refractivity contribution is 0.0729. The lowest BCUT2D eigenvalue weighted by Gasteiger charge is -2.23. The lowest BCUT2D eigenvalue weighted by Crippen LogP contribution is -2.34. The van der Waals surface area contributed by atoms with Gasteiger partial charge in [-0.3, -0.25) is 9.59 Å². The zero-order chi connectivity index (χ0) is 20.7. The van der Waals surface area contributed by atoms with Gasteiger partial charge >= 0.3 is 0 Å². The highest BCUT2D eigenvalue weighted by Gasteiger charge is 2.33. The minimum Gasteiger partial charge on any atom is -0.340 e. The van der Waals surface area contributed by atoms with E-state index in [-0.39, 0.29) is 23.1 Å². The van der Waals surface area contributed by atoms with Crippen molar-refractivity contribution in [2.75, 3.05) is 6.54 Å². The predicted molar refractivity (Wildman–Crippen MR) is 116 cm³/mol. The van der Waals surface area contributed by atoms with E-state index >= 15 is 0 Å². The Morgan fingerprint density at radius 3 is 2.70 bits per heavy atom. The molecule has 1 aliphatic rings. The van der Waals surface area contributed by atoms with Gasteiger partial charge in [-0.05, 0) is 55.2 Å². The third kappa shape index (κ3) is 3.20. The third-order valence-corrected chi connectivity index (χ3v) is 5.71. The van der Waals surface area contributed by atoms with E-state index in [1.54, 1.807) is 17.0 Å². The number of aryl methyl sites for hydroxylation is 1. The Morgan fingerprint density at radius 1 is 1.07 bits per heavy atom. The second-order valence-electron chi connectivity index (χ2n) is 7.78. The van der Waals surface area contributed by atoms with Gasteiger partial charge < -0.3 is 14.9 Å². The minimum atomic E-state index is -0.368. The predicted octanol–water partition coefficient (Wildman–Crippen LogP) is 4.20. The van der Waals surface area contributed by atoms with Crippen molar-refractivity contribution in [3.05, 3.63) is 88.0 Å². The molecule has 1 atom stereocenters. The Labute approximate surface area is 173 Å². The maximum atomic E-state index is 13.2. The van der Waals surface area contributed by atoms with E-state index in [4.69, 9.17) is 4.98 Å². The number of nitrogens with one attached hydrogen (secondary N) is 2. The first-order valence-electron chi connectivity index (χ1n) is 10.2. The summed E-state index contributed by atoms with van der Waals surface area (Å²) in [5.41, 5.74) is 4.41. The van der Waals surface area contributed by atoms with Crippen LogP contribution in [0.15, 0.2) is 65.5 Å². The number of carbonyl (C=O) groups is 1. The molecule has 2 aromatic heterocycles. The average Bonchev–Trinajstić information content (AvgIpc) is 3.40. The summed E-state index contributed by atoms with van der Waals surface area (Å²) in [7, 11) is 0. The van der Waals surface area contributed by atoms with Crippen molar-refractivity contribution in [1.29, 1.82) is 0 Å². The topological polar surface area (TPSA) is 81.8 Å². The van der Waals surface area contributed by atoms with Gasteiger partial charge in [0.25, 0.3) is 11.5 Å². The molecule has 3 heterocycles. The number of carbonyl (C=O) groups excluding carboxylic acids is 1. The Hall–Kier alpha value is -3.67. The summed E-state index contributed by atoms with van der Waals surface area (Å²) < 4.78 is 0. The van der Waals surface area contributed by atoms with E-state index in [9.17, 15) is 9.59 Å². The molecular formula is C24H22N4O2. The van der Waals surface area contributed by atoms with Crippen molar-refractivity contribution in [1.82, 2.24) is 19.9 Å². The fourth-order valence-corrected chi connectivity index (χ4v) is 4.18. The van der Waals surface area contributed by atoms with Crippen LogP contribution in [0.25, 0.3) is 22.3 Å². The van der Waals surface area contributed by atoms with Gasteiger partial charge in [-0.15, -0.1) is 0 Å². The van der Waals surface area contributed by atoms with Crippen LogP contribution < -0.4 is 5.56 Å². The molecule has 4 aromatic rings. The first-order valence-corrected chi connectivity index (χ1v) is 10.2. The number of likely N-dealkylation sites (tertiary alicyclic amines) is 1. The number of imidazole rings is 1. The molecule has 1 fully saturated rings. The Morgan fingerprint density at radius 2 is 1.90 bits per heavy atom. The van der Waals surface area contributed by atoms with E-state index in [0.29, 0.717) is 12.2 Å². The van der Waals surface area contributed by atoms with Gasteiger partial charge in [-0.1, -0.05) is 36.4 Å². The standard InChI is InChI=1S/C24H22N4O2/c1-15-9-11-19-20(14-15)26-22(25-19)21-8-5-13-28(21)24(30)17-10-12-18(27-23(17)29)16-6-3-2-4-7-16/h2-4,6-7,9-12,14,21H,5,8,13H2,1H3,(H,25,26)(H,27,29). The van der Waals surface area contributed by atoms with Gasteiger partial charge in [0.05, 0.1) is 17.1 Å².